The number of aryl methyl sites for hydroxylation is 3. The van der Waals surface area contributed by atoms with Crippen LogP contribution in [0.1, 0.15) is 33.9 Å². The highest BCUT2D eigenvalue weighted by atomic mass is 35.5. The van der Waals surface area contributed by atoms with Crippen LogP contribution in [0.15, 0.2) is 30.3 Å². The van der Waals surface area contributed by atoms with Gasteiger partial charge in [0.05, 0.1) is 13.2 Å². The molecule has 112 valence electrons. The van der Waals surface area contributed by atoms with E-state index in [9.17, 15) is 0 Å². The van der Waals surface area contributed by atoms with Crippen LogP contribution in [0.25, 0.3) is 0 Å². The second-order valence-corrected chi connectivity index (χ2v) is 5.84. The number of hydrogen-bond donors (Lipinski definition) is 1. The lowest BCUT2D eigenvalue weighted by molar-refractivity contribution is 0.405. The Labute approximate surface area is 132 Å². The molecule has 1 unspecified atom stereocenters. The molecule has 3 heteroatoms. The van der Waals surface area contributed by atoms with Crippen LogP contribution < -0.4 is 10.1 Å². The molecule has 0 aliphatic carbocycles. The van der Waals surface area contributed by atoms with E-state index in [-0.39, 0.29) is 6.04 Å². The lowest BCUT2D eigenvalue weighted by Gasteiger charge is -2.23. The Hall–Kier alpha value is -1.51. The maximum absolute atomic E-state index is 6.07. The summed E-state index contributed by atoms with van der Waals surface area (Å²) in [6, 6.07) is 10.3. The molecular weight excluding hydrogens is 282 g/mol. The second kappa shape index (κ2) is 6.50. The van der Waals surface area contributed by atoms with Gasteiger partial charge in [-0.2, -0.15) is 0 Å². The summed E-state index contributed by atoms with van der Waals surface area (Å²) >= 11 is 6.07. The van der Waals surface area contributed by atoms with Gasteiger partial charge < -0.3 is 10.1 Å². The Bertz CT molecular complexity index is 652. The average Bonchev–Trinajstić information content (AvgIpc) is 2.46. The van der Waals surface area contributed by atoms with E-state index in [4.69, 9.17) is 16.3 Å². The summed E-state index contributed by atoms with van der Waals surface area (Å²) in [7, 11) is 3.64. The van der Waals surface area contributed by atoms with Crippen molar-refractivity contribution in [2.24, 2.45) is 0 Å². The number of hydrogen-bond acceptors (Lipinski definition) is 2. The Kier molecular flexibility index (Phi) is 4.92. The van der Waals surface area contributed by atoms with Crippen molar-refractivity contribution >= 4 is 11.6 Å². The number of ether oxygens (including phenoxy) is 1. The SMILES string of the molecule is CNC(c1cc(C)c(C)cc1C)c1ccc(Cl)cc1OC. The lowest BCUT2D eigenvalue weighted by Crippen LogP contribution is -2.19. The van der Waals surface area contributed by atoms with Crippen molar-refractivity contribution < 1.29 is 4.74 Å². The van der Waals surface area contributed by atoms with E-state index in [0.29, 0.717) is 5.02 Å². The predicted molar refractivity (Wildman–Crippen MR) is 89.6 cm³/mol. The van der Waals surface area contributed by atoms with Crippen molar-refractivity contribution in [1.82, 2.24) is 5.32 Å². The van der Waals surface area contributed by atoms with Crippen molar-refractivity contribution in [3.8, 4) is 5.75 Å². The molecule has 1 N–H and O–H groups in total. The first-order valence-corrected chi connectivity index (χ1v) is 7.44. The zero-order chi connectivity index (χ0) is 15.6. The average molecular weight is 304 g/mol. The third-order valence-corrected chi connectivity index (χ3v) is 4.22. The first kappa shape index (κ1) is 15.9. The highest BCUT2D eigenvalue weighted by molar-refractivity contribution is 6.30. The van der Waals surface area contributed by atoms with Gasteiger partial charge in [-0.25, -0.2) is 0 Å². The van der Waals surface area contributed by atoms with E-state index in [0.717, 1.165) is 11.3 Å². The van der Waals surface area contributed by atoms with Crippen LogP contribution in [0.3, 0.4) is 0 Å². The van der Waals surface area contributed by atoms with Gasteiger partial charge in [-0.15, -0.1) is 0 Å². The molecule has 1 atom stereocenters. The molecule has 21 heavy (non-hydrogen) atoms. The third-order valence-electron chi connectivity index (χ3n) is 3.99. The van der Waals surface area contributed by atoms with Gasteiger partial charge in [-0.1, -0.05) is 29.8 Å². The van der Waals surface area contributed by atoms with Crippen LogP contribution in [0.2, 0.25) is 5.02 Å². The summed E-state index contributed by atoms with van der Waals surface area (Å²) in [5.74, 6) is 0.805. The molecule has 0 radical (unpaired) electrons. The van der Waals surface area contributed by atoms with E-state index in [2.05, 4.69) is 38.2 Å². The molecule has 2 aromatic carbocycles. The molecule has 2 nitrogen and oxygen atoms in total. The molecule has 0 saturated heterocycles. The summed E-state index contributed by atoms with van der Waals surface area (Å²) in [6.45, 7) is 6.43. The second-order valence-electron chi connectivity index (χ2n) is 5.40. The molecule has 2 rings (SSSR count). The minimum Gasteiger partial charge on any atom is -0.496 e. The van der Waals surface area contributed by atoms with Crippen LogP contribution in [-0.2, 0) is 0 Å². The molecule has 2 aromatic rings. The molecule has 0 spiro atoms. The Morgan fingerprint density at radius 1 is 0.952 bits per heavy atom. The molecule has 0 saturated carbocycles. The molecule has 0 fully saturated rings. The molecule has 0 aliphatic rings. The van der Waals surface area contributed by atoms with Crippen LogP contribution in [-0.4, -0.2) is 14.2 Å². The zero-order valence-electron chi connectivity index (χ0n) is 13.3. The third kappa shape index (κ3) is 3.22. The minimum absolute atomic E-state index is 0.0801. The maximum Gasteiger partial charge on any atom is 0.125 e. The standard InChI is InChI=1S/C18H22ClNO/c1-11-8-13(3)16(9-12(11)2)18(20-4)15-7-6-14(19)10-17(15)21-5/h6-10,18,20H,1-5H3. The van der Waals surface area contributed by atoms with E-state index in [1.165, 1.54) is 22.3 Å². The van der Waals surface area contributed by atoms with Gasteiger partial charge in [0.25, 0.3) is 0 Å². The smallest absolute Gasteiger partial charge is 0.125 e. The van der Waals surface area contributed by atoms with Crippen molar-refractivity contribution in [3.63, 3.8) is 0 Å². The summed E-state index contributed by atoms with van der Waals surface area (Å²) in [5, 5.41) is 4.08. The number of methoxy groups -OCH3 is 1. The monoisotopic (exact) mass is 303 g/mol. The largest absolute Gasteiger partial charge is 0.496 e. The fourth-order valence-electron chi connectivity index (χ4n) is 2.70. The number of benzene rings is 2. The van der Waals surface area contributed by atoms with Crippen LogP contribution >= 0.6 is 11.6 Å². The van der Waals surface area contributed by atoms with E-state index in [1.54, 1.807) is 7.11 Å². The Morgan fingerprint density at radius 2 is 1.62 bits per heavy atom. The number of halogens is 1. The summed E-state index contributed by atoms with van der Waals surface area (Å²) in [5.41, 5.74) is 6.24. The van der Waals surface area contributed by atoms with Gasteiger partial charge in [0, 0.05) is 10.6 Å². The van der Waals surface area contributed by atoms with Gasteiger partial charge in [0.1, 0.15) is 5.75 Å². The van der Waals surface area contributed by atoms with Crippen molar-refractivity contribution in [1.29, 1.82) is 0 Å². The number of nitrogens with one attached hydrogen (secondary N) is 1. The van der Waals surface area contributed by atoms with E-state index < -0.39 is 0 Å². The van der Waals surface area contributed by atoms with Crippen LogP contribution in [0.4, 0.5) is 0 Å². The highest BCUT2D eigenvalue weighted by Crippen LogP contribution is 2.34. The predicted octanol–water partition coefficient (Wildman–Crippen LogP) is 4.58. The van der Waals surface area contributed by atoms with Crippen LogP contribution in [0.5, 0.6) is 5.75 Å². The van der Waals surface area contributed by atoms with E-state index in [1.807, 2.05) is 25.2 Å². The fraction of sp³-hybridized carbons (Fsp3) is 0.333. The van der Waals surface area contributed by atoms with Gasteiger partial charge in [-0.05, 0) is 62.2 Å². The van der Waals surface area contributed by atoms with Crippen molar-refractivity contribution in [3.05, 3.63) is 63.2 Å². The molecular formula is C18H22ClNO. The van der Waals surface area contributed by atoms with Crippen molar-refractivity contribution in [2.75, 3.05) is 14.2 Å². The Balaban J connectivity index is 2.57. The minimum atomic E-state index is 0.0801. The molecule has 0 aromatic heterocycles. The van der Waals surface area contributed by atoms with Crippen molar-refractivity contribution in [2.45, 2.75) is 26.8 Å². The molecule has 0 amide bonds. The van der Waals surface area contributed by atoms with E-state index >= 15 is 0 Å². The summed E-state index contributed by atoms with van der Waals surface area (Å²) < 4.78 is 5.50. The zero-order valence-corrected chi connectivity index (χ0v) is 14.0. The number of rotatable bonds is 4. The molecule has 0 heterocycles. The maximum atomic E-state index is 6.07. The Morgan fingerprint density at radius 3 is 2.24 bits per heavy atom. The van der Waals surface area contributed by atoms with Gasteiger partial charge in [-0.3, -0.25) is 0 Å². The molecule has 0 aliphatic heterocycles. The van der Waals surface area contributed by atoms with Gasteiger partial charge >= 0.3 is 0 Å². The first-order chi connectivity index (χ1) is 9.97. The fourth-order valence-corrected chi connectivity index (χ4v) is 2.86. The first-order valence-electron chi connectivity index (χ1n) is 7.06. The quantitative estimate of drug-likeness (QED) is 0.892. The van der Waals surface area contributed by atoms with Gasteiger partial charge in [0.15, 0.2) is 0 Å². The van der Waals surface area contributed by atoms with Gasteiger partial charge in [0.2, 0.25) is 0 Å². The summed E-state index contributed by atoms with van der Waals surface area (Å²) in [4.78, 5) is 0. The lowest BCUT2D eigenvalue weighted by atomic mass is 9.91. The summed E-state index contributed by atoms with van der Waals surface area (Å²) in [6.07, 6.45) is 0. The van der Waals surface area contributed by atoms with Crippen LogP contribution in [0, 0.1) is 20.8 Å². The normalized spacial score (nSPS) is 12.3. The highest BCUT2D eigenvalue weighted by Gasteiger charge is 2.19. The molecule has 0 bridgehead atoms. The topological polar surface area (TPSA) is 21.3 Å².